The fourth-order valence-corrected chi connectivity index (χ4v) is 2.76. The predicted octanol–water partition coefficient (Wildman–Crippen LogP) is 3.46. The van der Waals surface area contributed by atoms with E-state index in [1.165, 1.54) is 24.1 Å². The van der Waals surface area contributed by atoms with E-state index in [2.05, 4.69) is 62.2 Å². The molecule has 0 amide bonds. The standard InChI is InChI=1S/C17H28N2/c1-14-13-15-7-5-6-8-16(15)19(14)12-11-18-10-9-17(2,3)4/h5-8,14,18H,9-13H2,1-4H3. The molecular weight excluding hydrogens is 232 g/mol. The second kappa shape index (κ2) is 5.96. The van der Waals surface area contributed by atoms with Gasteiger partial charge in [0.05, 0.1) is 0 Å². The van der Waals surface area contributed by atoms with Crippen LogP contribution in [0, 0.1) is 5.41 Å². The molecule has 0 radical (unpaired) electrons. The summed E-state index contributed by atoms with van der Waals surface area (Å²) in [4.78, 5) is 2.54. The van der Waals surface area contributed by atoms with Crippen molar-refractivity contribution < 1.29 is 0 Å². The van der Waals surface area contributed by atoms with Crippen LogP contribution in [-0.4, -0.2) is 25.7 Å². The third-order valence-electron chi connectivity index (χ3n) is 3.93. The summed E-state index contributed by atoms with van der Waals surface area (Å²) in [6, 6.07) is 9.46. The van der Waals surface area contributed by atoms with Crippen molar-refractivity contribution in [2.24, 2.45) is 5.41 Å². The highest BCUT2D eigenvalue weighted by Gasteiger charge is 2.24. The number of para-hydroxylation sites is 1. The van der Waals surface area contributed by atoms with Gasteiger partial charge < -0.3 is 10.2 Å². The summed E-state index contributed by atoms with van der Waals surface area (Å²) < 4.78 is 0. The van der Waals surface area contributed by atoms with E-state index in [1.807, 2.05) is 0 Å². The smallest absolute Gasteiger partial charge is 0.0402 e. The molecule has 2 heteroatoms. The summed E-state index contributed by atoms with van der Waals surface area (Å²) >= 11 is 0. The van der Waals surface area contributed by atoms with Crippen LogP contribution in [0.25, 0.3) is 0 Å². The van der Waals surface area contributed by atoms with Crippen molar-refractivity contribution in [3.05, 3.63) is 29.8 Å². The second-order valence-corrected chi connectivity index (χ2v) is 6.94. The van der Waals surface area contributed by atoms with E-state index in [0.717, 1.165) is 19.6 Å². The zero-order valence-electron chi connectivity index (χ0n) is 12.9. The summed E-state index contributed by atoms with van der Waals surface area (Å²) in [5, 5.41) is 3.58. The predicted molar refractivity (Wildman–Crippen MR) is 83.9 cm³/mol. The molecule has 1 N–H and O–H groups in total. The first-order valence-corrected chi connectivity index (χ1v) is 7.53. The molecule has 0 aromatic heterocycles. The molecule has 19 heavy (non-hydrogen) atoms. The van der Waals surface area contributed by atoms with Crippen LogP contribution >= 0.6 is 0 Å². The molecule has 0 saturated carbocycles. The van der Waals surface area contributed by atoms with Crippen LogP contribution in [0.3, 0.4) is 0 Å². The van der Waals surface area contributed by atoms with Crippen LogP contribution in [0.2, 0.25) is 0 Å². The number of hydrogen-bond acceptors (Lipinski definition) is 2. The summed E-state index contributed by atoms with van der Waals surface area (Å²) in [5.74, 6) is 0. The normalized spacial score (nSPS) is 18.7. The van der Waals surface area contributed by atoms with Gasteiger partial charge >= 0.3 is 0 Å². The van der Waals surface area contributed by atoms with Crippen molar-refractivity contribution in [3.63, 3.8) is 0 Å². The molecule has 1 unspecified atom stereocenters. The van der Waals surface area contributed by atoms with E-state index in [1.54, 1.807) is 0 Å². The molecular formula is C17H28N2. The molecule has 1 aliphatic rings. The van der Waals surface area contributed by atoms with Crippen LogP contribution in [-0.2, 0) is 6.42 Å². The maximum absolute atomic E-state index is 3.58. The van der Waals surface area contributed by atoms with Crippen LogP contribution in [0.15, 0.2) is 24.3 Å². The van der Waals surface area contributed by atoms with Gasteiger partial charge in [-0.15, -0.1) is 0 Å². The first-order chi connectivity index (χ1) is 8.97. The quantitative estimate of drug-likeness (QED) is 0.816. The van der Waals surface area contributed by atoms with Crippen molar-refractivity contribution in [2.45, 2.75) is 46.6 Å². The minimum atomic E-state index is 0.431. The maximum Gasteiger partial charge on any atom is 0.0402 e. The Hall–Kier alpha value is -1.02. The molecule has 1 aromatic rings. The number of rotatable bonds is 5. The number of nitrogens with zero attached hydrogens (tertiary/aromatic N) is 1. The summed E-state index contributed by atoms with van der Waals surface area (Å²) in [7, 11) is 0. The highest BCUT2D eigenvalue weighted by atomic mass is 15.2. The molecule has 2 nitrogen and oxygen atoms in total. The monoisotopic (exact) mass is 260 g/mol. The zero-order valence-corrected chi connectivity index (χ0v) is 12.9. The van der Waals surface area contributed by atoms with E-state index in [9.17, 15) is 0 Å². The Morgan fingerprint density at radius 1 is 1.21 bits per heavy atom. The van der Waals surface area contributed by atoms with Gasteiger partial charge in [0.2, 0.25) is 0 Å². The lowest BCUT2D eigenvalue weighted by Gasteiger charge is -2.25. The van der Waals surface area contributed by atoms with Gasteiger partial charge in [-0.3, -0.25) is 0 Å². The Kier molecular flexibility index (Phi) is 4.51. The molecule has 0 fully saturated rings. The van der Waals surface area contributed by atoms with Gasteiger partial charge in [-0.05, 0) is 43.4 Å². The molecule has 0 spiro atoms. The number of nitrogens with one attached hydrogen (secondary N) is 1. The third-order valence-corrected chi connectivity index (χ3v) is 3.93. The molecule has 1 heterocycles. The lowest BCUT2D eigenvalue weighted by molar-refractivity contribution is 0.367. The summed E-state index contributed by atoms with van der Waals surface area (Å²) in [5.41, 5.74) is 3.37. The van der Waals surface area contributed by atoms with E-state index in [0.29, 0.717) is 11.5 Å². The van der Waals surface area contributed by atoms with E-state index >= 15 is 0 Å². The number of benzene rings is 1. The van der Waals surface area contributed by atoms with Gasteiger partial charge in [-0.1, -0.05) is 39.0 Å². The minimum Gasteiger partial charge on any atom is -0.367 e. The van der Waals surface area contributed by atoms with Crippen LogP contribution in [0.1, 0.15) is 39.7 Å². The first kappa shape index (κ1) is 14.4. The molecule has 0 saturated heterocycles. The molecule has 0 aliphatic carbocycles. The molecule has 2 rings (SSSR count). The van der Waals surface area contributed by atoms with Crippen molar-refractivity contribution in [1.29, 1.82) is 0 Å². The molecule has 1 aromatic carbocycles. The van der Waals surface area contributed by atoms with E-state index < -0.39 is 0 Å². The van der Waals surface area contributed by atoms with Crippen molar-refractivity contribution in [2.75, 3.05) is 24.5 Å². The number of anilines is 1. The van der Waals surface area contributed by atoms with Crippen LogP contribution in [0.4, 0.5) is 5.69 Å². The zero-order chi connectivity index (χ0) is 13.9. The Bertz CT molecular complexity index is 406. The van der Waals surface area contributed by atoms with Gasteiger partial charge in [0.25, 0.3) is 0 Å². The van der Waals surface area contributed by atoms with Crippen LogP contribution < -0.4 is 10.2 Å². The van der Waals surface area contributed by atoms with Crippen molar-refractivity contribution >= 4 is 5.69 Å². The van der Waals surface area contributed by atoms with Gasteiger partial charge in [0.15, 0.2) is 0 Å². The number of fused-ring (bicyclic) bond motifs is 1. The lowest BCUT2D eigenvalue weighted by atomic mass is 9.92. The molecule has 1 aliphatic heterocycles. The van der Waals surface area contributed by atoms with E-state index in [4.69, 9.17) is 0 Å². The second-order valence-electron chi connectivity index (χ2n) is 6.94. The fourth-order valence-electron chi connectivity index (χ4n) is 2.76. The van der Waals surface area contributed by atoms with E-state index in [-0.39, 0.29) is 0 Å². The Morgan fingerprint density at radius 3 is 2.68 bits per heavy atom. The average molecular weight is 260 g/mol. The SMILES string of the molecule is CC1Cc2ccccc2N1CCNCCC(C)(C)C. The molecule has 0 bridgehead atoms. The van der Waals surface area contributed by atoms with Gasteiger partial charge in [0.1, 0.15) is 0 Å². The lowest BCUT2D eigenvalue weighted by Crippen LogP contribution is -2.36. The van der Waals surface area contributed by atoms with Gasteiger partial charge in [0, 0.05) is 24.8 Å². The summed E-state index contributed by atoms with van der Waals surface area (Å²) in [6.07, 6.45) is 2.43. The molecule has 106 valence electrons. The number of hydrogen-bond donors (Lipinski definition) is 1. The van der Waals surface area contributed by atoms with Crippen molar-refractivity contribution in [3.8, 4) is 0 Å². The minimum absolute atomic E-state index is 0.431. The van der Waals surface area contributed by atoms with Gasteiger partial charge in [-0.25, -0.2) is 0 Å². The fraction of sp³-hybridized carbons (Fsp3) is 0.647. The largest absolute Gasteiger partial charge is 0.367 e. The summed E-state index contributed by atoms with van der Waals surface area (Å²) in [6.45, 7) is 12.5. The topological polar surface area (TPSA) is 15.3 Å². The average Bonchev–Trinajstić information content (AvgIpc) is 2.64. The Labute approximate surface area is 118 Å². The van der Waals surface area contributed by atoms with Crippen molar-refractivity contribution in [1.82, 2.24) is 5.32 Å². The Balaban J connectivity index is 1.78. The highest BCUT2D eigenvalue weighted by Crippen LogP contribution is 2.31. The maximum atomic E-state index is 3.58. The van der Waals surface area contributed by atoms with Gasteiger partial charge in [-0.2, -0.15) is 0 Å². The third kappa shape index (κ3) is 3.97. The first-order valence-electron chi connectivity index (χ1n) is 7.53. The van der Waals surface area contributed by atoms with Crippen LogP contribution in [0.5, 0.6) is 0 Å². The molecule has 1 atom stereocenters. The highest BCUT2D eigenvalue weighted by molar-refractivity contribution is 5.59. The Morgan fingerprint density at radius 2 is 1.95 bits per heavy atom.